The highest BCUT2D eigenvalue weighted by atomic mass is 16.7. The number of benzene rings is 2. The van der Waals surface area contributed by atoms with Gasteiger partial charge in [0.15, 0.2) is 18.7 Å². The Kier molecular flexibility index (Phi) is 13.9. The number of aliphatic hydroxyl groups excluding tert-OH is 6. The average Bonchev–Trinajstić information content (AvgIpc) is 3.18. The third-order valence-electron chi connectivity index (χ3n) is 11.0. The first-order valence-corrected chi connectivity index (χ1v) is 18.8. The third-order valence-corrected chi connectivity index (χ3v) is 11.0. The fraction of sp³-hybridized carbons (Fsp3) is 0.684. The van der Waals surface area contributed by atoms with Crippen molar-refractivity contribution in [3.05, 3.63) is 48.0 Å². The summed E-state index contributed by atoms with van der Waals surface area (Å²) in [5.74, 6) is -1.55. The fourth-order valence-corrected chi connectivity index (χ4v) is 7.86. The molecule has 3 aliphatic heterocycles. The molecule has 54 heavy (non-hydrogen) atoms. The van der Waals surface area contributed by atoms with Crippen LogP contribution in [0.25, 0.3) is 10.8 Å². The predicted molar refractivity (Wildman–Crippen MR) is 188 cm³/mol. The van der Waals surface area contributed by atoms with Gasteiger partial charge in [-0.3, -0.25) is 4.79 Å². The number of carbonyl (C=O) groups excluding carboxylic acids is 1. The molecular weight excluding hydrogens is 710 g/mol. The molecule has 14 atom stereocenters. The van der Waals surface area contributed by atoms with E-state index in [0.29, 0.717) is 5.56 Å². The number of nitrogens with one attached hydrogen (secondary N) is 1. The van der Waals surface area contributed by atoms with Gasteiger partial charge >= 0.3 is 5.97 Å². The summed E-state index contributed by atoms with van der Waals surface area (Å²) in [6, 6.07) is 12.9. The Balaban J connectivity index is 1.20. The van der Waals surface area contributed by atoms with Crippen LogP contribution in [0.4, 0.5) is 0 Å². The van der Waals surface area contributed by atoms with Crippen LogP contribution < -0.4 is 5.32 Å². The summed E-state index contributed by atoms with van der Waals surface area (Å²) in [7, 11) is 0. The van der Waals surface area contributed by atoms with Crippen LogP contribution in [0.5, 0.6) is 0 Å². The van der Waals surface area contributed by atoms with E-state index in [9.17, 15) is 45.3 Å². The first kappa shape index (κ1) is 40.8. The number of aliphatic hydroxyl groups is 6. The van der Waals surface area contributed by atoms with Gasteiger partial charge in [-0.15, -0.1) is 0 Å². The van der Waals surface area contributed by atoms with Crippen LogP contribution >= 0.6 is 0 Å². The van der Waals surface area contributed by atoms with Crippen LogP contribution in [0.1, 0.15) is 62.2 Å². The first-order chi connectivity index (χ1) is 25.9. The van der Waals surface area contributed by atoms with Crippen LogP contribution in [0.2, 0.25) is 0 Å². The van der Waals surface area contributed by atoms with Gasteiger partial charge in [0.1, 0.15) is 54.9 Å². The van der Waals surface area contributed by atoms with Crippen molar-refractivity contribution in [3.63, 3.8) is 0 Å². The number of hydrogen-bond donors (Lipinski definition) is 8. The zero-order chi connectivity index (χ0) is 38.5. The maximum Gasteiger partial charge on any atom is 0.332 e. The second kappa shape index (κ2) is 18.4. The molecule has 14 unspecified atom stereocenters. The highest BCUT2D eigenvalue weighted by molar-refractivity contribution is 5.98. The first-order valence-electron chi connectivity index (χ1n) is 18.8. The molecule has 2 aromatic carbocycles. The van der Waals surface area contributed by atoms with Crippen LogP contribution in [0, 0.1) is 5.92 Å². The van der Waals surface area contributed by atoms with Crippen LogP contribution in [-0.2, 0) is 33.2 Å². The summed E-state index contributed by atoms with van der Waals surface area (Å²) < 4.78 is 36.0. The van der Waals surface area contributed by atoms with Crippen molar-refractivity contribution in [3.8, 4) is 0 Å². The van der Waals surface area contributed by atoms with Crippen LogP contribution in [0.3, 0.4) is 0 Å². The minimum Gasteiger partial charge on any atom is -0.479 e. The average molecular weight is 764 g/mol. The molecule has 2 aromatic rings. The van der Waals surface area contributed by atoms with Crippen molar-refractivity contribution in [1.29, 1.82) is 0 Å². The molecule has 0 radical (unpaired) electrons. The van der Waals surface area contributed by atoms with E-state index >= 15 is 0 Å². The lowest BCUT2D eigenvalue weighted by Crippen LogP contribution is -2.64. The molecule has 1 amide bonds. The van der Waals surface area contributed by atoms with E-state index in [-0.39, 0.29) is 31.9 Å². The zero-order valence-electron chi connectivity index (χ0n) is 30.2. The molecule has 0 bridgehead atoms. The van der Waals surface area contributed by atoms with E-state index in [1.165, 1.54) is 6.92 Å². The van der Waals surface area contributed by atoms with E-state index in [0.717, 1.165) is 42.9 Å². The molecule has 3 heterocycles. The summed E-state index contributed by atoms with van der Waals surface area (Å²) >= 11 is 0. The Morgan fingerprint density at radius 1 is 0.815 bits per heavy atom. The second-order valence-electron chi connectivity index (χ2n) is 14.8. The van der Waals surface area contributed by atoms with E-state index in [1.807, 2.05) is 30.3 Å². The molecule has 8 N–H and O–H groups in total. The second-order valence-corrected chi connectivity index (χ2v) is 14.8. The highest BCUT2D eigenvalue weighted by Gasteiger charge is 2.51. The number of rotatable bonds is 13. The Hall–Kier alpha value is -2.84. The van der Waals surface area contributed by atoms with Crippen molar-refractivity contribution < 1.29 is 73.8 Å². The van der Waals surface area contributed by atoms with E-state index in [2.05, 4.69) is 5.32 Å². The quantitative estimate of drug-likeness (QED) is 0.136. The molecular formula is C38H53NO15. The predicted octanol–water partition coefficient (Wildman–Crippen LogP) is 0.204. The number of aliphatic carboxylic acids is 1. The lowest BCUT2D eigenvalue weighted by molar-refractivity contribution is -0.355. The summed E-state index contributed by atoms with van der Waals surface area (Å²) in [6.07, 6.45) is -14.2. The van der Waals surface area contributed by atoms with E-state index in [1.54, 1.807) is 12.1 Å². The van der Waals surface area contributed by atoms with E-state index in [4.69, 9.17) is 28.4 Å². The molecule has 0 spiro atoms. The smallest absolute Gasteiger partial charge is 0.332 e. The molecule has 3 saturated heterocycles. The van der Waals surface area contributed by atoms with Gasteiger partial charge in [0.05, 0.1) is 18.8 Å². The number of ether oxygens (including phenoxy) is 6. The van der Waals surface area contributed by atoms with Crippen LogP contribution in [0.15, 0.2) is 42.5 Å². The SMILES string of the molecule is CC1OC(OC2C(CNC(=O)c3ccc4ccccc4c3)OCCC2OC2OC(CO)C(O)C(OC(CC3CCCCC3)C(=O)O)C2O)C(O)C(O)C1O. The van der Waals surface area contributed by atoms with Gasteiger partial charge in [-0.2, -0.15) is 0 Å². The number of fused-ring (bicyclic) bond motifs is 1. The van der Waals surface area contributed by atoms with Gasteiger partial charge in [-0.25, -0.2) is 4.79 Å². The molecule has 6 rings (SSSR count). The lowest BCUT2D eigenvalue weighted by atomic mass is 9.85. The van der Waals surface area contributed by atoms with Crippen molar-refractivity contribution in [2.75, 3.05) is 19.8 Å². The monoisotopic (exact) mass is 763 g/mol. The normalized spacial score (nSPS) is 37.1. The number of carboxylic acids is 1. The molecule has 16 nitrogen and oxygen atoms in total. The Morgan fingerprint density at radius 2 is 1.54 bits per heavy atom. The van der Waals surface area contributed by atoms with Crippen molar-refractivity contribution >= 4 is 22.6 Å². The highest BCUT2D eigenvalue weighted by Crippen LogP contribution is 2.34. The Morgan fingerprint density at radius 3 is 2.26 bits per heavy atom. The van der Waals surface area contributed by atoms with Gasteiger partial charge in [0.25, 0.3) is 5.91 Å². The fourth-order valence-electron chi connectivity index (χ4n) is 7.86. The Labute approximate surface area is 312 Å². The maximum atomic E-state index is 13.3. The number of hydrogen-bond acceptors (Lipinski definition) is 14. The standard InChI is InChI=1S/C38H53NO15/c1-19-28(41)30(43)31(44)37(50-19)54-33-24(13-14-49-26(33)17-39-35(46)23-12-11-21-9-5-6-10-22(21)16-23)52-38-32(45)34(29(42)27(18-40)53-38)51-25(36(47)48)15-20-7-3-2-4-8-20/h5-6,9-12,16,19-20,24-34,37-38,40-45H,2-4,7-8,13-15,17-18H2,1H3,(H,39,46)(H,47,48). The molecule has 1 saturated carbocycles. The lowest BCUT2D eigenvalue weighted by Gasteiger charge is -2.47. The maximum absolute atomic E-state index is 13.3. The summed E-state index contributed by atoms with van der Waals surface area (Å²) in [6.45, 7) is 0.766. The molecule has 4 fully saturated rings. The summed E-state index contributed by atoms with van der Waals surface area (Å²) in [4.78, 5) is 25.6. The largest absolute Gasteiger partial charge is 0.479 e. The molecule has 1 aliphatic carbocycles. The van der Waals surface area contributed by atoms with E-state index < -0.39 is 104 Å². The van der Waals surface area contributed by atoms with Gasteiger partial charge in [0, 0.05) is 18.7 Å². The third kappa shape index (κ3) is 9.40. The van der Waals surface area contributed by atoms with Gasteiger partial charge in [-0.05, 0) is 48.6 Å². The minimum absolute atomic E-state index is 0.0874. The Bertz CT molecular complexity index is 1540. The molecule has 4 aliphatic rings. The summed E-state index contributed by atoms with van der Waals surface area (Å²) in [5.41, 5.74) is 0.397. The number of amides is 1. The van der Waals surface area contributed by atoms with Crippen molar-refractivity contribution in [1.82, 2.24) is 5.32 Å². The minimum atomic E-state index is -1.72. The molecule has 0 aromatic heterocycles. The molecule has 300 valence electrons. The van der Waals surface area contributed by atoms with Gasteiger partial charge < -0.3 is 69.5 Å². The van der Waals surface area contributed by atoms with Gasteiger partial charge in [-0.1, -0.05) is 62.4 Å². The number of carbonyl (C=O) groups is 2. The van der Waals surface area contributed by atoms with Crippen molar-refractivity contribution in [2.45, 2.75) is 138 Å². The topological polar surface area (TPSA) is 243 Å². The van der Waals surface area contributed by atoms with Gasteiger partial charge in [0.2, 0.25) is 0 Å². The summed E-state index contributed by atoms with van der Waals surface area (Å²) in [5, 5.41) is 79.0. The zero-order valence-corrected chi connectivity index (χ0v) is 30.2. The van der Waals surface area contributed by atoms with Crippen molar-refractivity contribution in [2.24, 2.45) is 5.92 Å². The molecule has 16 heteroatoms. The number of carboxylic acid groups (broad SMARTS) is 1. The van der Waals surface area contributed by atoms with Crippen LogP contribution in [-0.4, -0.2) is 153 Å².